The molecule has 0 aliphatic carbocycles. The largest absolute Gasteiger partial charge is 0.397 e. The van der Waals surface area contributed by atoms with Crippen molar-refractivity contribution < 1.29 is 4.74 Å². The predicted octanol–water partition coefficient (Wildman–Crippen LogP) is 2.21. The summed E-state index contributed by atoms with van der Waals surface area (Å²) in [6.45, 7) is 4.78. The van der Waals surface area contributed by atoms with E-state index in [1.807, 2.05) is 6.07 Å². The first-order valence-electron chi connectivity index (χ1n) is 5.90. The molecule has 0 spiro atoms. The number of nitriles is 1. The SMILES string of the molecule is CCN(CC1CCCO1)c1cc(N)c(C#N)s1. The van der Waals surface area contributed by atoms with Crippen LogP contribution in [0.3, 0.4) is 0 Å². The summed E-state index contributed by atoms with van der Waals surface area (Å²) in [4.78, 5) is 2.84. The van der Waals surface area contributed by atoms with Crippen molar-refractivity contribution in [1.82, 2.24) is 0 Å². The van der Waals surface area contributed by atoms with Gasteiger partial charge in [0.25, 0.3) is 0 Å². The molecule has 0 bridgehead atoms. The molecule has 2 N–H and O–H groups in total. The molecule has 17 heavy (non-hydrogen) atoms. The van der Waals surface area contributed by atoms with Crippen molar-refractivity contribution >= 4 is 22.0 Å². The number of hydrogen-bond acceptors (Lipinski definition) is 5. The molecular weight excluding hydrogens is 234 g/mol. The van der Waals surface area contributed by atoms with Crippen LogP contribution in [0.25, 0.3) is 0 Å². The molecule has 1 aliphatic heterocycles. The summed E-state index contributed by atoms with van der Waals surface area (Å²) in [5.74, 6) is 0. The lowest BCUT2D eigenvalue weighted by molar-refractivity contribution is 0.116. The molecule has 4 nitrogen and oxygen atoms in total. The molecule has 1 saturated heterocycles. The topological polar surface area (TPSA) is 62.3 Å². The van der Waals surface area contributed by atoms with Crippen molar-refractivity contribution in [1.29, 1.82) is 5.26 Å². The van der Waals surface area contributed by atoms with Crippen LogP contribution >= 0.6 is 11.3 Å². The summed E-state index contributed by atoms with van der Waals surface area (Å²) in [5, 5.41) is 9.97. The summed E-state index contributed by atoms with van der Waals surface area (Å²) >= 11 is 1.46. The van der Waals surface area contributed by atoms with E-state index in [-0.39, 0.29) is 0 Å². The fourth-order valence-electron chi connectivity index (χ4n) is 2.04. The van der Waals surface area contributed by atoms with Crippen molar-refractivity contribution in [3.63, 3.8) is 0 Å². The smallest absolute Gasteiger partial charge is 0.129 e. The number of ether oxygens (including phenoxy) is 1. The molecular formula is C12H17N3OS. The van der Waals surface area contributed by atoms with Crippen molar-refractivity contribution in [2.24, 2.45) is 0 Å². The summed E-state index contributed by atoms with van der Waals surface area (Å²) < 4.78 is 5.64. The monoisotopic (exact) mass is 251 g/mol. The average Bonchev–Trinajstić information content (AvgIpc) is 2.95. The van der Waals surface area contributed by atoms with Crippen LogP contribution in [-0.4, -0.2) is 25.8 Å². The highest BCUT2D eigenvalue weighted by atomic mass is 32.1. The van der Waals surface area contributed by atoms with Gasteiger partial charge in [0.15, 0.2) is 0 Å². The third-order valence-electron chi connectivity index (χ3n) is 2.99. The van der Waals surface area contributed by atoms with Gasteiger partial charge in [-0.05, 0) is 25.8 Å². The Morgan fingerprint density at radius 1 is 1.71 bits per heavy atom. The molecule has 1 fully saturated rings. The van der Waals surface area contributed by atoms with Gasteiger partial charge >= 0.3 is 0 Å². The van der Waals surface area contributed by atoms with Gasteiger partial charge in [-0.15, -0.1) is 11.3 Å². The number of hydrogen-bond donors (Lipinski definition) is 1. The van der Waals surface area contributed by atoms with Crippen LogP contribution in [0.1, 0.15) is 24.6 Å². The number of rotatable bonds is 4. The molecule has 0 aromatic carbocycles. The van der Waals surface area contributed by atoms with E-state index < -0.39 is 0 Å². The van der Waals surface area contributed by atoms with E-state index >= 15 is 0 Å². The van der Waals surface area contributed by atoms with Crippen molar-refractivity contribution in [3.8, 4) is 6.07 Å². The van der Waals surface area contributed by atoms with E-state index in [1.165, 1.54) is 11.3 Å². The Morgan fingerprint density at radius 2 is 2.53 bits per heavy atom. The van der Waals surface area contributed by atoms with Crippen molar-refractivity contribution in [2.45, 2.75) is 25.9 Å². The van der Waals surface area contributed by atoms with Crippen LogP contribution in [0, 0.1) is 11.3 Å². The van der Waals surface area contributed by atoms with Crippen LogP contribution in [0.2, 0.25) is 0 Å². The highest BCUT2D eigenvalue weighted by molar-refractivity contribution is 7.17. The first kappa shape index (κ1) is 12.2. The van der Waals surface area contributed by atoms with Gasteiger partial charge in [0.2, 0.25) is 0 Å². The Bertz CT molecular complexity index is 418. The molecule has 1 aliphatic rings. The van der Waals surface area contributed by atoms with Crippen LogP contribution in [-0.2, 0) is 4.74 Å². The number of nitrogens with zero attached hydrogens (tertiary/aromatic N) is 2. The van der Waals surface area contributed by atoms with Gasteiger partial charge in [-0.25, -0.2) is 0 Å². The number of nitrogen functional groups attached to an aromatic ring is 1. The van der Waals surface area contributed by atoms with Gasteiger partial charge in [-0.2, -0.15) is 5.26 Å². The molecule has 1 aromatic heterocycles. The molecule has 1 unspecified atom stereocenters. The molecule has 5 heteroatoms. The third-order valence-corrected chi connectivity index (χ3v) is 4.11. The van der Waals surface area contributed by atoms with Crippen LogP contribution in [0.15, 0.2) is 6.07 Å². The molecule has 2 heterocycles. The fraction of sp³-hybridized carbons (Fsp3) is 0.583. The molecule has 1 aromatic rings. The highest BCUT2D eigenvalue weighted by Crippen LogP contribution is 2.32. The minimum absolute atomic E-state index is 0.323. The number of thiophene rings is 1. The Hall–Kier alpha value is -1.25. The Balaban J connectivity index is 2.08. The van der Waals surface area contributed by atoms with E-state index in [9.17, 15) is 0 Å². The quantitative estimate of drug-likeness (QED) is 0.891. The van der Waals surface area contributed by atoms with Gasteiger partial charge in [0, 0.05) is 19.7 Å². The lowest BCUT2D eigenvalue weighted by Crippen LogP contribution is -2.31. The predicted molar refractivity (Wildman–Crippen MR) is 70.3 cm³/mol. The van der Waals surface area contributed by atoms with E-state index in [0.29, 0.717) is 16.7 Å². The molecule has 92 valence electrons. The van der Waals surface area contributed by atoms with Gasteiger partial charge < -0.3 is 15.4 Å². The van der Waals surface area contributed by atoms with Gasteiger partial charge in [0.05, 0.1) is 16.8 Å². The molecule has 0 radical (unpaired) electrons. The second-order valence-corrected chi connectivity index (χ2v) is 5.19. The normalized spacial score (nSPS) is 19.2. The van der Waals surface area contributed by atoms with Crippen LogP contribution in [0.4, 0.5) is 10.7 Å². The summed E-state index contributed by atoms with van der Waals surface area (Å²) in [6, 6.07) is 4.01. The first-order valence-corrected chi connectivity index (χ1v) is 6.72. The van der Waals surface area contributed by atoms with Crippen LogP contribution < -0.4 is 10.6 Å². The van der Waals surface area contributed by atoms with E-state index in [1.54, 1.807) is 0 Å². The fourth-order valence-corrected chi connectivity index (χ4v) is 2.99. The van der Waals surface area contributed by atoms with Gasteiger partial charge in [0.1, 0.15) is 10.9 Å². The highest BCUT2D eigenvalue weighted by Gasteiger charge is 2.20. The zero-order chi connectivity index (χ0) is 12.3. The van der Waals surface area contributed by atoms with E-state index in [2.05, 4.69) is 17.9 Å². The number of likely N-dealkylation sites (N-methyl/N-ethyl adjacent to an activating group) is 1. The lowest BCUT2D eigenvalue weighted by atomic mass is 10.2. The average molecular weight is 251 g/mol. The molecule has 1 atom stereocenters. The maximum Gasteiger partial charge on any atom is 0.129 e. The van der Waals surface area contributed by atoms with Crippen molar-refractivity contribution in [2.75, 3.05) is 30.3 Å². The van der Waals surface area contributed by atoms with Crippen molar-refractivity contribution in [3.05, 3.63) is 10.9 Å². The Kier molecular flexibility index (Phi) is 3.87. The third kappa shape index (κ3) is 2.71. The standard InChI is InChI=1S/C12H17N3OS/c1-2-15(8-9-4-3-5-16-9)12-6-10(14)11(7-13)17-12/h6,9H,2-5,8,14H2,1H3. The maximum atomic E-state index is 8.91. The maximum absolute atomic E-state index is 8.91. The number of nitrogens with two attached hydrogens (primary N) is 1. The summed E-state index contributed by atoms with van der Waals surface area (Å²) in [7, 11) is 0. The van der Waals surface area contributed by atoms with Gasteiger partial charge in [-0.1, -0.05) is 0 Å². The Labute approximate surface area is 106 Å². The summed E-state index contributed by atoms with van der Waals surface area (Å²) in [5.41, 5.74) is 6.36. The second-order valence-electron chi connectivity index (χ2n) is 4.15. The minimum Gasteiger partial charge on any atom is -0.397 e. The molecule has 0 amide bonds. The minimum atomic E-state index is 0.323. The number of anilines is 2. The zero-order valence-electron chi connectivity index (χ0n) is 9.98. The molecule has 2 rings (SSSR count). The van der Waals surface area contributed by atoms with E-state index in [4.69, 9.17) is 15.7 Å². The Morgan fingerprint density at radius 3 is 3.06 bits per heavy atom. The van der Waals surface area contributed by atoms with Gasteiger partial charge in [-0.3, -0.25) is 0 Å². The first-order chi connectivity index (χ1) is 8.24. The van der Waals surface area contributed by atoms with Crippen LogP contribution in [0.5, 0.6) is 0 Å². The zero-order valence-corrected chi connectivity index (χ0v) is 10.8. The second kappa shape index (κ2) is 5.39. The molecule has 0 saturated carbocycles. The lowest BCUT2D eigenvalue weighted by Gasteiger charge is -2.24. The van der Waals surface area contributed by atoms with E-state index in [0.717, 1.165) is 37.5 Å². The summed E-state index contributed by atoms with van der Waals surface area (Å²) in [6.07, 6.45) is 2.60.